The summed E-state index contributed by atoms with van der Waals surface area (Å²) in [5.41, 5.74) is 14.6. The second-order valence-electron chi connectivity index (χ2n) is 27.7. The van der Waals surface area contributed by atoms with Gasteiger partial charge in [0.15, 0.2) is 52.2 Å². The average Bonchev–Trinajstić information content (AvgIpc) is 1.65. The van der Waals surface area contributed by atoms with E-state index in [1.165, 1.54) is 94.4 Å². The number of fused-ring (bicyclic) bond motifs is 6. The Morgan fingerprint density at radius 3 is 1.15 bits per heavy atom. The third-order valence-electron chi connectivity index (χ3n) is 18.6. The molecule has 140 heavy (non-hydrogen) atoms. The number of aromatic nitrogens is 18. The fraction of sp³-hybridized carbons (Fsp3) is 0.125. The second kappa shape index (κ2) is 56.5. The van der Waals surface area contributed by atoms with Crippen LogP contribution in [0.2, 0.25) is 15.5 Å². The number of hydrogen-bond donors (Lipinski definition) is 7. The third kappa shape index (κ3) is 30.6. The number of pyridine rings is 6. The Balaban J connectivity index is 0.000000217. The number of benzene rings is 7. The number of nitrogens with two attached hydrogens (primary N) is 1. The van der Waals surface area contributed by atoms with Gasteiger partial charge >= 0.3 is 30.7 Å². The molecule has 0 aliphatic rings. The molecule has 0 bridgehead atoms. The number of allylic oxidation sites excluding steroid dienone is 2. The van der Waals surface area contributed by atoms with Crippen LogP contribution in [0.15, 0.2) is 298 Å². The zero-order valence-electron chi connectivity index (χ0n) is 75.9. The van der Waals surface area contributed by atoms with Crippen molar-refractivity contribution in [1.82, 2.24) is 93.8 Å². The van der Waals surface area contributed by atoms with E-state index in [-0.39, 0.29) is 75.3 Å². The van der Waals surface area contributed by atoms with Crippen molar-refractivity contribution < 1.29 is 76.7 Å². The quantitative estimate of drug-likeness (QED) is 0.00846. The Hall–Kier alpha value is -14.4. The topological polar surface area (TPSA) is 423 Å². The summed E-state index contributed by atoms with van der Waals surface area (Å²) in [4.78, 5) is 74.5. The summed E-state index contributed by atoms with van der Waals surface area (Å²) in [6.45, 7) is 13.9. The second-order valence-corrected chi connectivity index (χ2v) is 30.3. The van der Waals surface area contributed by atoms with Gasteiger partial charge in [-0.3, -0.25) is 32.0 Å². The number of para-hydroxylation sites is 6. The first kappa shape index (κ1) is 111. The number of ketones is 1. The first-order valence-electron chi connectivity index (χ1n) is 41.2. The van der Waals surface area contributed by atoms with Crippen molar-refractivity contribution in [3.8, 4) is 40.6 Å². The molecule has 0 fully saturated rings. The molecule has 725 valence electrons. The summed E-state index contributed by atoms with van der Waals surface area (Å²) in [5.74, 6) is 1.57. The van der Waals surface area contributed by atoms with Gasteiger partial charge in [-0.05, 0) is 190 Å². The molecule has 2 atom stereocenters. The standard InChI is InChI=1S/C15H12FN3.C14H11BrFN3O.C14H9BrFN3O.C14H13FN4O.C12H7ClFN3.C9H10O4.C7H5FN2.C5H3Cl2N.C5H10O.CH3F.BHNS.H3N.H2O/c1-10(2)12-6-4-8-14(18-12)19-9-17-15-11(16)5-3-7-13(15)19;2*15-7-12(20)10-4-2-6-13(18-10)19-8-17-14-9(16)3-1-5-11(14)19;15-9-3-1-5-11-14(9)17-8-19(11)13-6-2-4-10(18-13)12(20)7-16;13-10-5-2-6-11(16-10)17-7-15-12-8(14)3-1-4-9(12)17;1-12-7-4-3-6(9(10)11)5-8(7)13-2;8-5-2-1-3-6-7(5)10-4-9-6;6-4-2-1-3-5(7)8-4;1-4-6-5(2)3;1-2;1-2-3;;/h3-9H,1H2,2H3;1-6,8,12,20H,7H2;1-6,8H,7H2;1-6,8,12,20H,7,16H2;1-7H;3-5H,1-2H3,(H,10,11);1-4H,(H,9,10);1-3H;2,4H2,1,3H3;1H3;3H;1H3;1H2/i;;;;;;;;;1D;;;. The molecule has 12 aromatic heterocycles. The normalized spacial score (nSPS) is 10.7. The minimum absolute atomic E-state index is 0. The third-order valence-corrected chi connectivity index (χ3v) is 20.3. The van der Waals surface area contributed by atoms with Gasteiger partial charge in [-0.2, -0.15) is 0 Å². The summed E-state index contributed by atoms with van der Waals surface area (Å²) >= 11 is 26.2. The molecule has 0 saturated carbocycles. The molecule has 1 radical (unpaired) electrons. The van der Waals surface area contributed by atoms with Crippen LogP contribution in [0, 0.1) is 34.9 Å². The fourth-order valence-corrected chi connectivity index (χ4v) is 13.4. The number of carboxylic acid groups (broad SMARTS) is 1. The van der Waals surface area contributed by atoms with Crippen LogP contribution in [0.4, 0.5) is 30.7 Å². The van der Waals surface area contributed by atoms with E-state index in [1.54, 1.807) is 193 Å². The van der Waals surface area contributed by atoms with E-state index in [0.29, 0.717) is 134 Å². The van der Waals surface area contributed by atoms with Crippen LogP contribution in [0.1, 0.15) is 72.3 Å². The number of halogens is 12. The van der Waals surface area contributed by atoms with Crippen LogP contribution in [0.5, 0.6) is 11.5 Å². The van der Waals surface area contributed by atoms with E-state index in [0.717, 1.165) is 29.1 Å². The molecule has 0 aliphatic carbocycles. The maximum absolute atomic E-state index is 13.6. The van der Waals surface area contributed by atoms with Crippen molar-refractivity contribution in [3.63, 3.8) is 0 Å². The predicted molar refractivity (Wildman–Crippen MR) is 541 cm³/mol. The molecule has 0 saturated heterocycles. The van der Waals surface area contributed by atoms with Crippen molar-refractivity contribution in [3.05, 3.63) is 372 Å². The summed E-state index contributed by atoms with van der Waals surface area (Å²) in [7, 11) is 6.30. The summed E-state index contributed by atoms with van der Waals surface area (Å²) in [6.07, 6.45) is 7.63. The van der Waals surface area contributed by atoms with Crippen LogP contribution >= 0.6 is 79.5 Å². The number of aromatic carboxylic acids is 1. The zero-order valence-corrected chi connectivity index (χ0v) is 81.2. The Kier molecular flexibility index (Phi) is 44.8. The number of ether oxygens (including phenoxy) is 3. The molecule has 30 nitrogen and oxygen atoms in total. The molecule has 0 amide bonds. The number of alkyl halides is 3. The van der Waals surface area contributed by atoms with E-state index in [4.69, 9.17) is 61.2 Å². The van der Waals surface area contributed by atoms with Gasteiger partial charge in [0.25, 0.3) is 0 Å². The molecule has 19 rings (SSSR count). The van der Waals surface area contributed by atoms with Crippen LogP contribution in [0.3, 0.4) is 0 Å². The summed E-state index contributed by atoms with van der Waals surface area (Å²) in [5, 5.41) is 30.1. The maximum atomic E-state index is 13.6. The number of hydrogen-bond acceptors (Lipinski definition) is 23. The molecule has 11 N–H and O–H groups in total. The minimum atomic E-state index is -1.00. The van der Waals surface area contributed by atoms with Gasteiger partial charge in [0, 0.05) is 11.9 Å². The number of carboxylic acids is 1. The van der Waals surface area contributed by atoms with Crippen molar-refractivity contribution in [2.24, 2.45) is 10.0 Å². The number of nitrogens with zero attached hydrogens (tertiary/aromatic N) is 18. The van der Waals surface area contributed by atoms with Gasteiger partial charge < -0.3 is 51.9 Å². The molecule has 44 heteroatoms. The Labute approximate surface area is 836 Å². The van der Waals surface area contributed by atoms with Crippen molar-refractivity contribution in [2.45, 2.75) is 33.0 Å². The molecular weight excluding hydrogens is 2030 g/mol. The van der Waals surface area contributed by atoms with Gasteiger partial charge in [-0.25, -0.2) is 90.9 Å². The molecule has 19 aromatic rings. The first-order chi connectivity index (χ1) is 67.0. The van der Waals surface area contributed by atoms with Crippen molar-refractivity contribution >= 4 is 171 Å². The number of H-pyrrole nitrogens is 1. The number of carbonyl (C=O) groups is 2. The number of rotatable bonds is 17. The first-order valence-corrected chi connectivity index (χ1v) is 44.2. The van der Waals surface area contributed by atoms with Gasteiger partial charge in [-0.1, -0.05) is 153 Å². The Morgan fingerprint density at radius 2 is 0.829 bits per heavy atom. The van der Waals surface area contributed by atoms with Crippen molar-refractivity contribution in [2.75, 3.05) is 45.2 Å². The number of methoxy groups -OCH3 is 2. The number of aromatic amines is 1. The van der Waals surface area contributed by atoms with E-state index >= 15 is 0 Å². The van der Waals surface area contributed by atoms with E-state index in [9.17, 15) is 50.5 Å². The summed E-state index contributed by atoms with van der Waals surface area (Å²) in [6, 6.07) is 64.9. The van der Waals surface area contributed by atoms with Crippen LogP contribution in [-0.2, 0) is 4.74 Å². The Morgan fingerprint density at radius 1 is 0.500 bits per heavy atom. The molecule has 2 unspecified atom stereocenters. The average molecular weight is 2120 g/mol. The van der Waals surface area contributed by atoms with Crippen LogP contribution in [0.25, 0.3) is 101 Å². The van der Waals surface area contributed by atoms with Gasteiger partial charge in [0.1, 0.15) is 127 Å². The number of Topliss-reactive ketones (excluding diaryl/α,β-unsaturated/α-hetero) is 1. The number of aliphatic hydroxyl groups is 2. The molecule has 0 spiro atoms. The zero-order chi connectivity index (χ0) is 101. The van der Waals surface area contributed by atoms with E-state index in [1.807, 2.05) is 45.0 Å². The van der Waals surface area contributed by atoms with Crippen molar-refractivity contribution in [1.29, 1.82) is 0 Å². The summed E-state index contributed by atoms with van der Waals surface area (Å²) < 4.78 is 122. The molecule has 0 aliphatic heterocycles. The Bertz CT molecular complexity index is 7220. The van der Waals surface area contributed by atoms with E-state index in [2.05, 4.69) is 135 Å². The predicted octanol–water partition coefficient (Wildman–Crippen LogP) is 21.6. The van der Waals surface area contributed by atoms with Gasteiger partial charge in [0.05, 0.1) is 103 Å². The number of aliphatic hydroxyl groups excluding tert-OH is 2. The monoisotopic (exact) mass is 2120 g/mol. The van der Waals surface area contributed by atoms with Gasteiger partial charge in [0.2, 0.25) is 0 Å². The molecular formula is C96H89BBr2Cl3F7N21O9S. The number of imidazole rings is 6. The number of carbonyl (C=O) groups excluding carboxylic acids is 1. The van der Waals surface area contributed by atoms with E-state index < -0.39 is 25.3 Å². The number of thiol groups is 1. The molecule has 7 aromatic carbocycles. The fourth-order valence-electron chi connectivity index (χ4n) is 12.3. The van der Waals surface area contributed by atoms with Gasteiger partial charge in [-0.15, -0.1) is 0 Å². The SMILES string of the molecule is C=C(C)OCC.C=C(C)c1cccc(-n2cnc3c(F)cccc32)n1.COc1ccc(C(=O)O)cc1OC.Clc1cccc(Cl)n1.Fc1cccc2[nH]cnc12.Fc1cccc2c1ncn2-c1cccc(Cl)n1.N.NCC(O)c1cccc(-n2cnc3c(F)cccc32)n1.O.O=C(CBr)c1cccc(-n2cnc3c(F)cccc32)n1.OC(CBr)c1cccc(-n2cnc3c(F)cccc32)n1.[2H]CF.[B]=NS. The van der Waals surface area contributed by atoms with Crippen LogP contribution < -0.4 is 21.4 Å². The van der Waals surface area contributed by atoms with Crippen LogP contribution in [-0.4, -0.2) is 173 Å². The molecule has 12 heterocycles. The number of nitrogens with one attached hydrogen (secondary N) is 1.